The Bertz CT molecular complexity index is 447. The smallest absolute Gasteiger partial charge is 0.340 e. The second kappa shape index (κ2) is 6.84. The van der Waals surface area contributed by atoms with Crippen molar-refractivity contribution in [2.75, 3.05) is 33.7 Å². The van der Waals surface area contributed by atoms with Gasteiger partial charge in [0, 0.05) is 19.2 Å². The number of hydrogen-bond acceptors (Lipinski definition) is 6. The van der Waals surface area contributed by atoms with Crippen LogP contribution < -0.4 is 15.2 Å². The molecule has 0 unspecified atom stereocenters. The van der Waals surface area contributed by atoms with E-state index in [2.05, 4.69) is 0 Å². The number of benzene rings is 1. The summed E-state index contributed by atoms with van der Waals surface area (Å²) < 4.78 is 20.3. The van der Waals surface area contributed by atoms with Crippen LogP contribution in [0.1, 0.15) is 17.3 Å². The van der Waals surface area contributed by atoms with Crippen LogP contribution >= 0.6 is 0 Å². The molecular weight excluding hydrogens is 250 g/mol. The molecule has 0 aromatic heterocycles. The molecule has 0 radical (unpaired) electrons. The molecule has 0 heterocycles. The van der Waals surface area contributed by atoms with Gasteiger partial charge in [-0.05, 0) is 6.92 Å². The number of hydrogen-bond donors (Lipinski definition) is 1. The van der Waals surface area contributed by atoms with E-state index in [0.717, 1.165) is 0 Å². The van der Waals surface area contributed by atoms with Crippen molar-refractivity contribution in [1.29, 1.82) is 0 Å². The van der Waals surface area contributed by atoms with Crippen LogP contribution in [0.25, 0.3) is 0 Å². The van der Waals surface area contributed by atoms with E-state index in [1.54, 1.807) is 6.92 Å². The van der Waals surface area contributed by atoms with E-state index >= 15 is 0 Å². The zero-order valence-electron chi connectivity index (χ0n) is 11.6. The molecule has 1 rings (SSSR count). The summed E-state index contributed by atoms with van der Waals surface area (Å²) in [4.78, 5) is 12.0. The molecule has 6 nitrogen and oxygen atoms in total. The number of carbonyl (C=O) groups is 1. The van der Waals surface area contributed by atoms with E-state index in [9.17, 15) is 4.79 Å². The lowest BCUT2D eigenvalue weighted by Crippen LogP contribution is -2.20. The largest absolute Gasteiger partial charge is 0.493 e. The highest BCUT2D eigenvalue weighted by atomic mass is 16.6. The van der Waals surface area contributed by atoms with Crippen LogP contribution in [0, 0.1) is 0 Å². The summed E-state index contributed by atoms with van der Waals surface area (Å²) in [6.45, 7) is 2.05. The van der Waals surface area contributed by atoms with Crippen molar-refractivity contribution in [3.63, 3.8) is 0 Å². The highest BCUT2D eigenvalue weighted by Gasteiger charge is 2.18. The molecule has 0 bridgehead atoms. The van der Waals surface area contributed by atoms with Crippen molar-refractivity contribution in [2.24, 2.45) is 0 Å². The van der Waals surface area contributed by atoms with Gasteiger partial charge in [0.1, 0.15) is 6.10 Å². The van der Waals surface area contributed by atoms with Gasteiger partial charge in [0.25, 0.3) is 0 Å². The molecule has 1 aromatic carbocycles. The second-order valence-electron chi connectivity index (χ2n) is 3.97. The van der Waals surface area contributed by atoms with Gasteiger partial charge in [-0.15, -0.1) is 0 Å². The Hall–Kier alpha value is -1.95. The zero-order chi connectivity index (χ0) is 14.4. The number of methoxy groups -OCH3 is 3. The number of nitrogen functional groups attached to an aromatic ring is 1. The fourth-order valence-corrected chi connectivity index (χ4v) is 1.59. The minimum Gasteiger partial charge on any atom is -0.493 e. The van der Waals surface area contributed by atoms with Crippen molar-refractivity contribution >= 4 is 11.7 Å². The van der Waals surface area contributed by atoms with Crippen LogP contribution in [0.2, 0.25) is 0 Å². The number of carbonyl (C=O) groups excluding carboxylic acids is 1. The molecule has 106 valence electrons. The summed E-state index contributed by atoms with van der Waals surface area (Å²) in [6, 6.07) is 3.02. The van der Waals surface area contributed by atoms with Gasteiger partial charge in [0.2, 0.25) is 0 Å². The van der Waals surface area contributed by atoms with Crippen molar-refractivity contribution in [1.82, 2.24) is 0 Å². The Kier molecular flexibility index (Phi) is 5.44. The molecule has 1 atom stereocenters. The van der Waals surface area contributed by atoms with Gasteiger partial charge in [-0.3, -0.25) is 0 Å². The summed E-state index contributed by atoms with van der Waals surface area (Å²) in [5, 5.41) is 0. The molecule has 0 saturated heterocycles. The van der Waals surface area contributed by atoms with E-state index < -0.39 is 5.97 Å². The van der Waals surface area contributed by atoms with Crippen molar-refractivity contribution in [2.45, 2.75) is 13.0 Å². The van der Waals surface area contributed by atoms with Crippen LogP contribution in [0.15, 0.2) is 12.1 Å². The average molecular weight is 269 g/mol. The van der Waals surface area contributed by atoms with Crippen LogP contribution in [0.3, 0.4) is 0 Å². The Morgan fingerprint density at radius 3 is 2.32 bits per heavy atom. The van der Waals surface area contributed by atoms with Gasteiger partial charge in [-0.25, -0.2) is 4.79 Å². The fourth-order valence-electron chi connectivity index (χ4n) is 1.59. The third-order valence-corrected chi connectivity index (χ3v) is 2.49. The first-order valence-corrected chi connectivity index (χ1v) is 5.74. The lowest BCUT2D eigenvalue weighted by molar-refractivity contribution is 0.0121. The predicted octanol–water partition coefficient (Wildman–Crippen LogP) is 1.48. The lowest BCUT2D eigenvalue weighted by Gasteiger charge is -2.15. The monoisotopic (exact) mass is 269 g/mol. The van der Waals surface area contributed by atoms with E-state index in [4.69, 9.17) is 24.7 Å². The van der Waals surface area contributed by atoms with Crippen molar-refractivity contribution < 1.29 is 23.7 Å². The third-order valence-electron chi connectivity index (χ3n) is 2.49. The van der Waals surface area contributed by atoms with Gasteiger partial charge in [-0.1, -0.05) is 0 Å². The number of anilines is 1. The minimum atomic E-state index is -0.525. The Labute approximate surface area is 112 Å². The Morgan fingerprint density at radius 1 is 1.21 bits per heavy atom. The molecule has 0 saturated carbocycles. The van der Waals surface area contributed by atoms with Gasteiger partial charge < -0.3 is 24.7 Å². The molecule has 0 amide bonds. The maximum absolute atomic E-state index is 12.0. The minimum absolute atomic E-state index is 0.237. The Balaban J connectivity index is 2.96. The van der Waals surface area contributed by atoms with E-state index in [0.29, 0.717) is 18.1 Å². The van der Waals surface area contributed by atoms with Gasteiger partial charge >= 0.3 is 5.97 Å². The lowest BCUT2D eigenvalue weighted by atomic mass is 10.1. The molecule has 19 heavy (non-hydrogen) atoms. The normalized spacial score (nSPS) is 11.8. The number of esters is 1. The first-order chi connectivity index (χ1) is 9.03. The van der Waals surface area contributed by atoms with Crippen molar-refractivity contribution in [3.05, 3.63) is 17.7 Å². The number of rotatable bonds is 6. The molecule has 0 fully saturated rings. The Morgan fingerprint density at radius 2 is 1.79 bits per heavy atom. The SMILES string of the molecule is COC[C@H](C)OC(=O)c1cc(OC)c(OC)cc1N. The molecule has 1 aromatic rings. The van der Waals surface area contributed by atoms with Crippen LogP contribution in [0.4, 0.5) is 5.69 Å². The highest BCUT2D eigenvalue weighted by Crippen LogP contribution is 2.32. The van der Waals surface area contributed by atoms with E-state index in [1.165, 1.54) is 33.5 Å². The predicted molar refractivity (Wildman–Crippen MR) is 70.7 cm³/mol. The third kappa shape index (κ3) is 3.75. The summed E-state index contributed by atoms with van der Waals surface area (Å²) in [6.07, 6.45) is -0.356. The van der Waals surface area contributed by atoms with Crippen LogP contribution in [0.5, 0.6) is 11.5 Å². The number of nitrogens with two attached hydrogens (primary N) is 1. The second-order valence-corrected chi connectivity index (χ2v) is 3.97. The first-order valence-electron chi connectivity index (χ1n) is 5.74. The number of ether oxygens (including phenoxy) is 4. The van der Waals surface area contributed by atoms with E-state index in [1.807, 2.05) is 0 Å². The summed E-state index contributed by atoms with van der Waals surface area (Å²) >= 11 is 0. The highest BCUT2D eigenvalue weighted by molar-refractivity contribution is 5.96. The maximum Gasteiger partial charge on any atom is 0.340 e. The first kappa shape index (κ1) is 15.1. The van der Waals surface area contributed by atoms with Crippen molar-refractivity contribution in [3.8, 4) is 11.5 Å². The van der Waals surface area contributed by atoms with Crippen LogP contribution in [-0.4, -0.2) is 40.0 Å². The maximum atomic E-state index is 12.0. The molecule has 0 aliphatic carbocycles. The summed E-state index contributed by atoms with van der Waals surface area (Å²) in [5.41, 5.74) is 6.31. The molecule has 2 N–H and O–H groups in total. The molecular formula is C13H19NO5. The molecule has 0 spiro atoms. The quantitative estimate of drug-likeness (QED) is 0.622. The molecule has 0 aliphatic rings. The topological polar surface area (TPSA) is 80.0 Å². The van der Waals surface area contributed by atoms with Gasteiger partial charge in [0.15, 0.2) is 11.5 Å². The van der Waals surface area contributed by atoms with Gasteiger partial charge in [-0.2, -0.15) is 0 Å². The summed E-state index contributed by atoms with van der Waals surface area (Å²) in [5.74, 6) is 0.354. The van der Waals surface area contributed by atoms with Gasteiger partial charge in [0.05, 0.1) is 32.1 Å². The average Bonchev–Trinajstić information content (AvgIpc) is 2.38. The van der Waals surface area contributed by atoms with E-state index in [-0.39, 0.29) is 17.4 Å². The fraction of sp³-hybridized carbons (Fsp3) is 0.462. The molecule has 0 aliphatic heterocycles. The molecule has 6 heteroatoms. The van der Waals surface area contributed by atoms with Crippen LogP contribution in [-0.2, 0) is 9.47 Å². The summed E-state index contributed by atoms with van der Waals surface area (Å²) in [7, 11) is 4.52. The zero-order valence-corrected chi connectivity index (χ0v) is 11.6. The standard InChI is InChI=1S/C13H19NO5/c1-8(7-16-2)19-13(15)9-5-11(17-3)12(18-4)6-10(9)14/h5-6,8H,7,14H2,1-4H3/t8-/m0/s1.